The Hall–Kier alpha value is -3.28. The number of likely N-dealkylation sites (tertiary alicyclic amines) is 1. The molecule has 1 aliphatic rings. The van der Waals surface area contributed by atoms with Crippen LogP contribution < -0.4 is 4.74 Å². The third-order valence-corrected chi connectivity index (χ3v) is 6.16. The molecule has 0 saturated carbocycles. The number of methoxy groups -OCH3 is 2. The fourth-order valence-electron chi connectivity index (χ4n) is 4.39. The number of hydrogen-bond acceptors (Lipinski definition) is 4. The van der Waals surface area contributed by atoms with Crippen molar-refractivity contribution in [1.29, 1.82) is 0 Å². The van der Waals surface area contributed by atoms with Crippen LogP contribution in [0, 0.1) is 5.92 Å². The second-order valence-corrected chi connectivity index (χ2v) is 7.93. The number of carbonyl (C=O) groups is 2. The van der Waals surface area contributed by atoms with Crippen molar-refractivity contribution in [2.24, 2.45) is 5.92 Å². The average molecular weight is 421 g/mol. The van der Waals surface area contributed by atoms with Crippen LogP contribution in [0.1, 0.15) is 24.8 Å². The first-order valence-corrected chi connectivity index (χ1v) is 10.7. The Morgan fingerprint density at radius 1 is 1.03 bits per heavy atom. The number of amides is 1. The molecular formula is C25H28N2O4. The topological polar surface area (TPSA) is 71.6 Å². The highest BCUT2D eigenvalue weighted by atomic mass is 16.5. The molecule has 3 aromatic rings. The molecule has 0 unspecified atom stereocenters. The minimum atomic E-state index is -0.171. The van der Waals surface area contributed by atoms with E-state index < -0.39 is 0 Å². The van der Waals surface area contributed by atoms with Gasteiger partial charge >= 0.3 is 5.97 Å². The number of hydrogen-bond donors (Lipinski definition) is 1. The SMILES string of the molecule is COC(=O)C1CCN(C(=O)CCc2c(-c3ccc(OC)cc3)[nH]c3ccccc23)CC1. The van der Waals surface area contributed by atoms with Crippen molar-refractivity contribution < 1.29 is 19.1 Å². The van der Waals surface area contributed by atoms with Gasteiger partial charge in [-0.05, 0) is 60.7 Å². The summed E-state index contributed by atoms with van der Waals surface area (Å²) in [5, 5.41) is 1.14. The third kappa shape index (κ3) is 4.43. The van der Waals surface area contributed by atoms with Crippen molar-refractivity contribution in [2.45, 2.75) is 25.7 Å². The van der Waals surface area contributed by atoms with Gasteiger partial charge in [-0.2, -0.15) is 0 Å². The number of H-pyrrole nitrogens is 1. The lowest BCUT2D eigenvalue weighted by atomic mass is 9.96. The molecule has 0 bridgehead atoms. The van der Waals surface area contributed by atoms with Crippen molar-refractivity contribution >= 4 is 22.8 Å². The number of ether oxygens (including phenoxy) is 2. The van der Waals surface area contributed by atoms with Crippen LogP contribution >= 0.6 is 0 Å². The van der Waals surface area contributed by atoms with E-state index in [-0.39, 0.29) is 17.8 Å². The predicted molar refractivity (Wildman–Crippen MR) is 120 cm³/mol. The standard InChI is InChI=1S/C25H28N2O4/c1-30-19-9-7-17(8-10-19)24-21(20-5-3-4-6-22(20)26-24)11-12-23(28)27-15-13-18(14-16-27)25(29)31-2/h3-10,18,26H,11-16H2,1-2H3. The van der Waals surface area contributed by atoms with Crippen molar-refractivity contribution in [2.75, 3.05) is 27.3 Å². The van der Waals surface area contributed by atoms with E-state index in [1.165, 1.54) is 7.11 Å². The lowest BCUT2D eigenvalue weighted by molar-refractivity contribution is -0.148. The molecule has 0 aliphatic carbocycles. The van der Waals surface area contributed by atoms with Gasteiger partial charge in [0.05, 0.1) is 20.1 Å². The number of nitrogens with one attached hydrogen (secondary N) is 1. The van der Waals surface area contributed by atoms with Gasteiger partial charge < -0.3 is 19.4 Å². The Balaban J connectivity index is 1.50. The van der Waals surface area contributed by atoms with E-state index in [2.05, 4.69) is 17.1 Å². The van der Waals surface area contributed by atoms with Crippen LogP contribution in [0.4, 0.5) is 0 Å². The van der Waals surface area contributed by atoms with Crippen molar-refractivity contribution in [3.8, 4) is 17.0 Å². The second-order valence-electron chi connectivity index (χ2n) is 7.93. The van der Waals surface area contributed by atoms with Crippen LogP contribution in [0.25, 0.3) is 22.2 Å². The average Bonchev–Trinajstić information content (AvgIpc) is 3.20. The fourth-order valence-corrected chi connectivity index (χ4v) is 4.39. The molecule has 4 rings (SSSR count). The maximum Gasteiger partial charge on any atom is 0.308 e. The van der Waals surface area contributed by atoms with Gasteiger partial charge in [-0.1, -0.05) is 18.2 Å². The number of benzene rings is 2. The van der Waals surface area contributed by atoms with Crippen LogP contribution in [0.15, 0.2) is 48.5 Å². The normalized spacial score (nSPS) is 14.6. The summed E-state index contributed by atoms with van der Waals surface area (Å²) >= 11 is 0. The number of rotatable bonds is 6. The van der Waals surface area contributed by atoms with E-state index in [1.807, 2.05) is 41.3 Å². The first-order valence-electron chi connectivity index (χ1n) is 10.7. The number of nitrogens with zero attached hydrogens (tertiary/aromatic N) is 1. The molecule has 1 aliphatic heterocycles. The monoisotopic (exact) mass is 420 g/mol. The van der Waals surface area contributed by atoms with Gasteiger partial charge in [0.1, 0.15) is 5.75 Å². The minimum absolute atomic E-state index is 0.0932. The Kier molecular flexibility index (Phi) is 6.26. The summed E-state index contributed by atoms with van der Waals surface area (Å²) < 4.78 is 10.1. The van der Waals surface area contributed by atoms with Gasteiger partial charge in [0.15, 0.2) is 0 Å². The molecule has 6 nitrogen and oxygen atoms in total. The lowest BCUT2D eigenvalue weighted by Gasteiger charge is -2.30. The van der Waals surface area contributed by atoms with Gasteiger partial charge in [-0.3, -0.25) is 9.59 Å². The maximum absolute atomic E-state index is 12.9. The quantitative estimate of drug-likeness (QED) is 0.607. The third-order valence-electron chi connectivity index (χ3n) is 6.16. The van der Waals surface area contributed by atoms with Crippen LogP contribution in [-0.2, 0) is 20.7 Å². The van der Waals surface area contributed by atoms with E-state index in [9.17, 15) is 9.59 Å². The molecule has 0 radical (unpaired) electrons. The second kappa shape index (κ2) is 9.25. The number of fused-ring (bicyclic) bond motifs is 1. The predicted octanol–water partition coefficient (Wildman–Crippen LogP) is 4.19. The smallest absolute Gasteiger partial charge is 0.308 e. The van der Waals surface area contributed by atoms with Gasteiger partial charge in [0, 0.05) is 36.1 Å². The Bertz CT molecular complexity index is 1060. The molecule has 1 saturated heterocycles. The molecule has 1 amide bonds. The largest absolute Gasteiger partial charge is 0.497 e. The number of esters is 1. The van der Waals surface area contributed by atoms with E-state index >= 15 is 0 Å². The number of aromatic nitrogens is 1. The summed E-state index contributed by atoms with van der Waals surface area (Å²) in [5.41, 5.74) is 4.33. The molecule has 2 aromatic carbocycles. The highest BCUT2D eigenvalue weighted by Crippen LogP contribution is 2.32. The van der Waals surface area contributed by atoms with E-state index in [4.69, 9.17) is 9.47 Å². The molecule has 31 heavy (non-hydrogen) atoms. The van der Waals surface area contributed by atoms with Crippen LogP contribution in [-0.4, -0.2) is 49.1 Å². The molecule has 162 valence electrons. The van der Waals surface area contributed by atoms with E-state index in [1.54, 1.807) is 7.11 Å². The summed E-state index contributed by atoms with van der Waals surface area (Å²) in [5.74, 6) is 0.681. The Labute approximate surface area is 182 Å². The van der Waals surface area contributed by atoms with E-state index in [0.717, 1.165) is 33.5 Å². The zero-order chi connectivity index (χ0) is 21.8. The van der Waals surface area contributed by atoms with Gasteiger partial charge in [0.25, 0.3) is 0 Å². The van der Waals surface area contributed by atoms with Crippen LogP contribution in [0.5, 0.6) is 5.75 Å². The molecule has 1 fully saturated rings. The van der Waals surface area contributed by atoms with Crippen molar-refractivity contribution in [3.05, 3.63) is 54.1 Å². The van der Waals surface area contributed by atoms with Crippen molar-refractivity contribution in [3.63, 3.8) is 0 Å². The number of piperidine rings is 1. The Morgan fingerprint density at radius 2 is 1.74 bits per heavy atom. The first kappa shape index (κ1) is 21.0. The highest BCUT2D eigenvalue weighted by molar-refractivity contribution is 5.91. The zero-order valence-corrected chi connectivity index (χ0v) is 18.0. The van der Waals surface area contributed by atoms with Gasteiger partial charge in [0.2, 0.25) is 5.91 Å². The number of aryl methyl sites for hydroxylation is 1. The summed E-state index contributed by atoms with van der Waals surface area (Å²) in [6, 6.07) is 16.2. The Morgan fingerprint density at radius 3 is 2.42 bits per heavy atom. The molecule has 0 atom stereocenters. The number of carbonyl (C=O) groups excluding carboxylic acids is 2. The minimum Gasteiger partial charge on any atom is -0.497 e. The molecule has 6 heteroatoms. The van der Waals surface area contributed by atoms with E-state index in [0.29, 0.717) is 38.8 Å². The molecule has 0 spiro atoms. The summed E-state index contributed by atoms with van der Waals surface area (Å²) in [6.45, 7) is 1.22. The summed E-state index contributed by atoms with van der Waals surface area (Å²) in [7, 11) is 3.07. The molecule has 1 aromatic heterocycles. The summed E-state index contributed by atoms with van der Waals surface area (Å²) in [6.07, 6.45) is 2.43. The van der Waals surface area contributed by atoms with Gasteiger partial charge in [-0.15, -0.1) is 0 Å². The van der Waals surface area contributed by atoms with Crippen LogP contribution in [0.2, 0.25) is 0 Å². The fraction of sp³-hybridized carbons (Fsp3) is 0.360. The van der Waals surface area contributed by atoms with Crippen molar-refractivity contribution in [1.82, 2.24) is 9.88 Å². The number of para-hydroxylation sites is 1. The highest BCUT2D eigenvalue weighted by Gasteiger charge is 2.28. The molecule has 2 heterocycles. The van der Waals surface area contributed by atoms with Crippen LogP contribution in [0.3, 0.4) is 0 Å². The molecule has 1 N–H and O–H groups in total. The maximum atomic E-state index is 12.9. The number of aromatic amines is 1. The lowest BCUT2D eigenvalue weighted by Crippen LogP contribution is -2.40. The van der Waals surface area contributed by atoms with Gasteiger partial charge in [-0.25, -0.2) is 0 Å². The first-order chi connectivity index (χ1) is 15.1. The zero-order valence-electron chi connectivity index (χ0n) is 18.0. The summed E-state index contributed by atoms with van der Waals surface area (Å²) in [4.78, 5) is 30.0. The molecular weight excluding hydrogens is 392 g/mol.